The maximum Gasteiger partial charge on any atom is 0.0992 e. The standard InChI is InChI=1S/C15H18N2O/c1-12(4-7-18)14-8-13(11-16)9-15(10-14)17-5-2-3-6-17/h8-10,18H,1-7H2. The summed E-state index contributed by atoms with van der Waals surface area (Å²) in [6, 6.07) is 8.05. The molecule has 1 heterocycles. The summed E-state index contributed by atoms with van der Waals surface area (Å²) in [5, 5.41) is 18.1. The minimum absolute atomic E-state index is 0.0919. The van der Waals surface area contributed by atoms with Gasteiger partial charge in [0.25, 0.3) is 0 Å². The molecule has 1 aromatic carbocycles. The molecule has 1 aliphatic rings. The molecule has 1 fully saturated rings. The largest absolute Gasteiger partial charge is 0.396 e. The maximum atomic E-state index is 9.09. The van der Waals surface area contributed by atoms with Crippen LogP contribution in [0.15, 0.2) is 24.8 Å². The van der Waals surface area contributed by atoms with E-state index in [0.717, 1.165) is 29.9 Å². The molecule has 0 amide bonds. The third-order valence-corrected chi connectivity index (χ3v) is 3.34. The summed E-state index contributed by atoms with van der Waals surface area (Å²) in [5.41, 5.74) is 3.61. The second-order valence-electron chi connectivity index (χ2n) is 4.65. The van der Waals surface area contributed by atoms with Crippen LogP contribution in [-0.2, 0) is 0 Å². The molecule has 1 aliphatic heterocycles. The summed E-state index contributed by atoms with van der Waals surface area (Å²) in [6.45, 7) is 6.17. The summed E-state index contributed by atoms with van der Waals surface area (Å²) < 4.78 is 0. The molecule has 0 radical (unpaired) electrons. The molecule has 3 heteroatoms. The van der Waals surface area contributed by atoms with E-state index in [-0.39, 0.29) is 6.61 Å². The monoisotopic (exact) mass is 242 g/mol. The van der Waals surface area contributed by atoms with Gasteiger partial charge in [0.1, 0.15) is 0 Å². The van der Waals surface area contributed by atoms with Crippen LogP contribution in [0, 0.1) is 11.3 Å². The highest BCUT2D eigenvalue weighted by molar-refractivity contribution is 5.69. The van der Waals surface area contributed by atoms with Gasteiger partial charge in [-0.05, 0) is 48.6 Å². The highest BCUT2D eigenvalue weighted by Crippen LogP contribution is 2.27. The third-order valence-electron chi connectivity index (χ3n) is 3.34. The summed E-state index contributed by atoms with van der Waals surface area (Å²) in [7, 11) is 0. The molecule has 1 N–H and O–H groups in total. The molecule has 1 saturated heterocycles. The molecular formula is C15H18N2O. The minimum atomic E-state index is 0.0919. The average Bonchev–Trinajstić information content (AvgIpc) is 2.92. The van der Waals surface area contributed by atoms with Crippen LogP contribution in [0.3, 0.4) is 0 Å². The first kappa shape index (κ1) is 12.7. The van der Waals surface area contributed by atoms with E-state index in [2.05, 4.69) is 23.6 Å². The lowest BCUT2D eigenvalue weighted by Gasteiger charge is -2.19. The van der Waals surface area contributed by atoms with Crippen molar-refractivity contribution in [3.05, 3.63) is 35.9 Å². The Morgan fingerprint density at radius 3 is 2.67 bits per heavy atom. The van der Waals surface area contributed by atoms with Gasteiger partial charge in [0.05, 0.1) is 11.6 Å². The molecule has 0 bridgehead atoms. The van der Waals surface area contributed by atoms with Crippen LogP contribution < -0.4 is 4.90 Å². The maximum absolute atomic E-state index is 9.09. The fraction of sp³-hybridized carbons (Fsp3) is 0.400. The average molecular weight is 242 g/mol. The molecule has 1 aromatic rings. The van der Waals surface area contributed by atoms with Gasteiger partial charge in [-0.1, -0.05) is 6.58 Å². The van der Waals surface area contributed by atoms with Gasteiger partial charge in [-0.3, -0.25) is 0 Å². The number of aliphatic hydroxyl groups is 1. The smallest absolute Gasteiger partial charge is 0.0992 e. The zero-order valence-corrected chi connectivity index (χ0v) is 10.5. The Hall–Kier alpha value is -1.79. The highest BCUT2D eigenvalue weighted by Gasteiger charge is 2.14. The van der Waals surface area contributed by atoms with Gasteiger partial charge in [-0.15, -0.1) is 0 Å². The summed E-state index contributed by atoms with van der Waals surface area (Å²) in [6.07, 6.45) is 2.97. The number of anilines is 1. The van der Waals surface area contributed by atoms with Crippen molar-refractivity contribution in [2.24, 2.45) is 0 Å². The highest BCUT2D eigenvalue weighted by atomic mass is 16.2. The molecule has 0 unspecified atom stereocenters. The molecule has 18 heavy (non-hydrogen) atoms. The Kier molecular flexibility index (Phi) is 4.01. The quantitative estimate of drug-likeness (QED) is 0.882. The van der Waals surface area contributed by atoms with Crippen molar-refractivity contribution in [1.82, 2.24) is 0 Å². The molecule has 0 atom stereocenters. The predicted molar refractivity (Wildman–Crippen MR) is 73.3 cm³/mol. The van der Waals surface area contributed by atoms with E-state index in [9.17, 15) is 0 Å². The van der Waals surface area contributed by atoms with Crippen LogP contribution in [0.1, 0.15) is 30.4 Å². The molecule has 3 nitrogen and oxygen atoms in total. The molecule has 94 valence electrons. The molecule has 0 aliphatic carbocycles. The molecular weight excluding hydrogens is 224 g/mol. The lowest BCUT2D eigenvalue weighted by atomic mass is 10.0. The Bertz CT molecular complexity index is 482. The first-order valence-corrected chi connectivity index (χ1v) is 6.34. The Morgan fingerprint density at radius 1 is 1.33 bits per heavy atom. The summed E-state index contributed by atoms with van der Waals surface area (Å²) in [5.74, 6) is 0. The minimum Gasteiger partial charge on any atom is -0.396 e. The van der Waals surface area contributed by atoms with E-state index in [0.29, 0.717) is 12.0 Å². The van der Waals surface area contributed by atoms with E-state index in [1.54, 1.807) is 0 Å². The van der Waals surface area contributed by atoms with Gasteiger partial charge < -0.3 is 10.0 Å². The fourth-order valence-corrected chi connectivity index (χ4v) is 2.32. The zero-order chi connectivity index (χ0) is 13.0. The second kappa shape index (κ2) is 5.70. The van der Waals surface area contributed by atoms with E-state index in [1.165, 1.54) is 12.8 Å². The first-order valence-electron chi connectivity index (χ1n) is 6.34. The van der Waals surface area contributed by atoms with Crippen LogP contribution in [0.4, 0.5) is 5.69 Å². The van der Waals surface area contributed by atoms with E-state index >= 15 is 0 Å². The SMILES string of the molecule is C=C(CCO)c1cc(C#N)cc(N2CCCC2)c1. The van der Waals surface area contributed by atoms with Gasteiger partial charge in [0, 0.05) is 25.4 Å². The summed E-state index contributed by atoms with van der Waals surface area (Å²) in [4.78, 5) is 2.30. The van der Waals surface area contributed by atoms with Crippen LogP contribution in [0.25, 0.3) is 5.57 Å². The van der Waals surface area contributed by atoms with E-state index in [1.807, 2.05) is 12.1 Å². The van der Waals surface area contributed by atoms with Gasteiger partial charge >= 0.3 is 0 Å². The van der Waals surface area contributed by atoms with E-state index in [4.69, 9.17) is 10.4 Å². The second-order valence-corrected chi connectivity index (χ2v) is 4.65. The van der Waals surface area contributed by atoms with Crippen LogP contribution in [0.5, 0.6) is 0 Å². The van der Waals surface area contributed by atoms with Crippen molar-refractivity contribution >= 4 is 11.3 Å². The molecule has 0 spiro atoms. The van der Waals surface area contributed by atoms with Crippen LogP contribution >= 0.6 is 0 Å². The fourth-order valence-electron chi connectivity index (χ4n) is 2.32. The molecule has 0 aromatic heterocycles. The Morgan fingerprint density at radius 2 is 2.06 bits per heavy atom. The number of hydrogen-bond acceptors (Lipinski definition) is 3. The van der Waals surface area contributed by atoms with Crippen molar-refractivity contribution < 1.29 is 5.11 Å². The molecule has 2 rings (SSSR count). The summed E-state index contributed by atoms with van der Waals surface area (Å²) >= 11 is 0. The normalized spacial score (nSPS) is 14.6. The number of benzene rings is 1. The number of rotatable bonds is 4. The van der Waals surface area contributed by atoms with Crippen molar-refractivity contribution in [3.8, 4) is 6.07 Å². The van der Waals surface area contributed by atoms with Crippen molar-refractivity contribution in [2.75, 3.05) is 24.6 Å². The molecule has 0 saturated carbocycles. The number of hydrogen-bond donors (Lipinski definition) is 1. The van der Waals surface area contributed by atoms with Gasteiger partial charge in [0.15, 0.2) is 0 Å². The lowest BCUT2D eigenvalue weighted by molar-refractivity contribution is 0.305. The number of nitrogens with zero attached hydrogens (tertiary/aromatic N) is 2. The number of nitriles is 1. The van der Waals surface area contributed by atoms with Gasteiger partial charge in [-0.25, -0.2) is 0 Å². The van der Waals surface area contributed by atoms with Gasteiger partial charge in [-0.2, -0.15) is 5.26 Å². The first-order chi connectivity index (χ1) is 8.74. The number of aliphatic hydroxyl groups excluding tert-OH is 1. The van der Waals surface area contributed by atoms with E-state index < -0.39 is 0 Å². The Balaban J connectivity index is 2.32. The van der Waals surface area contributed by atoms with Crippen LogP contribution in [-0.4, -0.2) is 24.8 Å². The van der Waals surface area contributed by atoms with Crippen molar-refractivity contribution in [2.45, 2.75) is 19.3 Å². The van der Waals surface area contributed by atoms with Crippen LogP contribution in [0.2, 0.25) is 0 Å². The lowest BCUT2D eigenvalue weighted by Crippen LogP contribution is -2.17. The Labute approximate surface area is 108 Å². The van der Waals surface area contributed by atoms with Crippen molar-refractivity contribution in [1.29, 1.82) is 5.26 Å². The third kappa shape index (κ3) is 2.72. The topological polar surface area (TPSA) is 47.3 Å². The predicted octanol–water partition coefficient (Wildman–Crippen LogP) is 2.55. The zero-order valence-electron chi connectivity index (χ0n) is 10.5. The van der Waals surface area contributed by atoms with Gasteiger partial charge in [0.2, 0.25) is 0 Å². The van der Waals surface area contributed by atoms with Crippen molar-refractivity contribution in [3.63, 3.8) is 0 Å².